The molecule has 4 aromatic rings. The SMILES string of the molecule is COc1cc(Cl)cc(C)c1Nc1nc2cccc(-c3ccccc3Cl)c2n1C. The molecule has 1 aromatic heterocycles. The van der Waals surface area contributed by atoms with E-state index in [0.717, 1.165) is 33.4 Å². The van der Waals surface area contributed by atoms with E-state index in [9.17, 15) is 0 Å². The maximum atomic E-state index is 6.45. The molecule has 4 nitrogen and oxygen atoms in total. The van der Waals surface area contributed by atoms with Crippen LogP contribution in [0.25, 0.3) is 22.2 Å². The molecule has 0 radical (unpaired) electrons. The Morgan fingerprint density at radius 2 is 1.75 bits per heavy atom. The third kappa shape index (κ3) is 3.19. The Kier molecular flexibility index (Phi) is 4.92. The van der Waals surface area contributed by atoms with E-state index in [1.165, 1.54) is 0 Å². The van der Waals surface area contributed by atoms with Gasteiger partial charge in [0.25, 0.3) is 0 Å². The lowest BCUT2D eigenvalue weighted by Gasteiger charge is -2.14. The number of nitrogens with one attached hydrogen (secondary N) is 1. The quantitative estimate of drug-likeness (QED) is 0.410. The van der Waals surface area contributed by atoms with E-state index in [1.54, 1.807) is 13.2 Å². The van der Waals surface area contributed by atoms with Crippen LogP contribution in [0.4, 0.5) is 11.6 Å². The van der Waals surface area contributed by atoms with Crippen molar-refractivity contribution in [3.05, 3.63) is 70.2 Å². The minimum absolute atomic E-state index is 0.630. The number of rotatable bonds is 4. The molecule has 0 aliphatic heterocycles. The Balaban J connectivity index is 1.87. The molecule has 0 amide bonds. The molecule has 0 aliphatic carbocycles. The first-order valence-corrected chi connectivity index (χ1v) is 9.56. The normalized spacial score (nSPS) is 11.0. The number of para-hydroxylation sites is 1. The van der Waals surface area contributed by atoms with Crippen molar-refractivity contribution in [2.24, 2.45) is 7.05 Å². The lowest BCUT2D eigenvalue weighted by Crippen LogP contribution is -2.03. The summed E-state index contributed by atoms with van der Waals surface area (Å²) in [4.78, 5) is 4.78. The highest BCUT2D eigenvalue weighted by atomic mass is 35.5. The van der Waals surface area contributed by atoms with Crippen LogP contribution in [-0.4, -0.2) is 16.7 Å². The van der Waals surface area contributed by atoms with Gasteiger partial charge in [-0.1, -0.05) is 53.5 Å². The zero-order chi connectivity index (χ0) is 19.8. The van der Waals surface area contributed by atoms with Crippen molar-refractivity contribution in [1.29, 1.82) is 0 Å². The summed E-state index contributed by atoms with van der Waals surface area (Å²) in [6.07, 6.45) is 0. The summed E-state index contributed by atoms with van der Waals surface area (Å²) < 4.78 is 7.53. The van der Waals surface area contributed by atoms with Crippen LogP contribution >= 0.6 is 23.2 Å². The van der Waals surface area contributed by atoms with E-state index in [1.807, 2.05) is 61.0 Å². The molecular weight excluding hydrogens is 393 g/mol. The molecule has 1 heterocycles. The van der Waals surface area contributed by atoms with Gasteiger partial charge in [-0.05, 0) is 30.7 Å². The highest BCUT2D eigenvalue weighted by Crippen LogP contribution is 2.37. The molecule has 142 valence electrons. The average Bonchev–Trinajstić information content (AvgIpc) is 3.00. The number of methoxy groups -OCH3 is 1. The maximum Gasteiger partial charge on any atom is 0.208 e. The van der Waals surface area contributed by atoms with Gasteiger partial charge in [-0.15, -0.1) is 0 Å². The molecule has 0 atom stereocenters. The second-order valence-corrected chi connectivity index (χ2v) is 7.42. The summed E-state index contributed by atoms with van der Waals surface area (Å²) in [7, 11) is 3.61. The third-order valence-electron chi connectivity index (χ3n) is 4.78. The van der Waals surface area contributed by atoms with Gasteiger partial charge in [-0.3, -0.25) is 0 Å². The number of imidazole rings is 1. The fraction of sp³-hybridized carbons (Fsp3) is 0.136. The highest BCUT2D eigenvalue weighted by molar-refractivity contribution is 6.33. The smallest absolute Gasteiger partial charge is 0.208 e. The lowest BCUT2D eigenvalue weighted by atomic mass is 10.0. The minimum atomic E-state index is 0.630. The molecule has 0 spiro atoms. The summed E-state index contributed by atoms with van der Waals surface area (Å²) >= 11 is 12.6. The zero-order valence-corrected chi connectivity index (χ0v) is 17.3. The van der Waals surface area contributed by atoms with Gasteiger partial charge in [0.05, 0.1) is 23.8 Å². The fourth-order valence-electron chi connectivity index (χ4n) is 3.42. The number of aromatic nitrogens is 2. The van der Waals surface area contributed by atoms with Crippen molar-refractivity contribution in [2.45, 2.75) is 6.92 Å². The van der Waals surface area contributed by atoms with Crippen LogP contribution in [0.5, 0.6) is 5.75 Å². The number of halogens is 2. The second-order valence-electron chi connectivity index (χ2n) is 6.57. The highest BCUT2D eigenvalue weighted by Gasteiger charge is 2.16. The number of nitrogens with zero attached hydrogens (tertiary/aromatic N) is 2. The molecule has 0 bridgehead atoms. The van der Waals surface area contributed by atoms with E-state index in [0.29, 0.717) is 21.7 Å². The van der Waals surface area contributed by atoms with E-state index < -0.39 is 0 Å². The number of hydrogen-bond acceptors (Lipinski definition) is 3. The average molecular weight is 412 g/mol. The molecule has 0 saturated heterocycles. The van der Waals surface area contributed by atoms with Gasteiger partial charge < -0.3 is 14.6 Å². The van der Waals surface area contributed by atoms with Gasteiger partial charge in [0, 0.05) is 34.3 Å². The van der Waals surface area contributed by atoms with Crippen LogP contribution in [0.3, 0.4) is 0 Å². The van der Waals surface area contributed by atoms with Crippen molar-refractivity contribution in [2.75, 3.05) is 12.4 Å². The molecular formula is C22H19Cl2N3O. The maximum absolute atomic E-state index is 6.45. The molecule has 0 aliphatic rings. The number of hydrogen-bond donors (Lipinski definition) is 1. The third-order valence-corrected chi connectivity index (χ3v) is 5.33. The predicted molar refractivity (Wildman–Crippen MR) is 117 cm³/mol. The molecule has 4 rings (SSSR count). The molecule has 0 fully saturated rings. The Morgan fingerprint density at radius 3 is 2.50 bits per heavy atom. The molecule has 3 aromatic carbocycles. The largest absolute Gasteiger partial charge is 0.495 e. The fourth-order valence-corrected chi connectivity index (χ4v) is 3.92. The monoisotopic (exact) mass is 411 g/mol. The Bertz CT molecular complexity index is 1180. The number of benzene rings is 3. The summed E-state index contributed by atoms with van der Waals surface area (Å²) in [6.45, 7) is 1.98. The second kappa shape index (κ2) is 7.38. The van der Waals surface area contributed by atoms with Crippen molar-refractivity contribution in [1.82, 2.24) is 9.55 Å². The Labute approximate surface area is 173 Å². The van der Waals surface area contributed by atoms with Crippen LogP contribution in [-0.2, 0) is 7.05 Å². The van der Waals surface area contributed by atoms with Crippen molar-refractivity contribution < 1.29 is 4.74 Å². The summed E-state index contributed by atoms with van der Waals surface area (Å²) in [5.74, 6) is 1.38. The zero-order valence-electron chi connectivity index (χ0n) is 15.8. The first-order chi connectivity index (χ1) is 13.5. The topological polar surface area (TPSA) is 39.1 Å². The van der Waals surface area contributed by atoms with Crippen molar-refractivity contribution in [3.8, 4) is 16.9 Å². The molecule has 28 heavy (non-hydrogen) atoms. The van der Waals surface area contributed by atoms with Gasteiger partial charge in [0.15, 0.2) is 0 Å². The summed E-state index contributed by atoms with van der Waals surface area (Å²) in [5.41, 5.74) is 5.71. The first-order valence-electron chi connectivity index (χ1n) is 8.81. The number of ether oxygens (including phenoxy) is 1. The van der Waals surface area contributed by atoms with Gasteiger partial charge in [-0.2, -0.15) is 0 Å². The van der Waals surface area contributed by atoms with Crippen LogP contribution < -0.4 is 10.1 Å². The van der Waals surface area contributed by atoms with E-state index >= 15 is 0 Å². The Morgan fingerprint density at radius 1 is 1.00 bits per heavy atom. The van der Waals surface area contributed by atoms with Crippen LogP contribution in [0.1, 0.15) is 5.56 Å². The first kappa shape index (κ1) is 18.7. The number of fused-ring (bicyclic) bond motifs is 1. The molecule has 1 N–H and O–H groups in total. The predicted octanol–water partition coefficient (Wildman–Crippen LogP) is 6.61. The Hall–Kier alpha value is -2.69. The number of aryl methyl sites for hydroxylation is 2. The van der Waals surface area contributed by atoms with Crippen molar-refractivity contribution >= 4 is 45.9 Å². The minimum Gasteiger partial charge on any atom is -0.495 e. The van der Waals surface area contributed by atoms with Crippen LogP contribution in [0, 0.1) is 6.92 Å². The van der Waals surface area contributed by atoms with Crippen LogP contribution in [0.2, 0.25) is 10.0 Å². The van der Waals surface area contributed by atoms with E-state index in [4.69, 9.17) is 32.9 Å². The van der Waals surface area contributed by atoms with Gasteiger partial charge in [0.2, 0.25) is 5.95 Å². The summed E-state index contributed by atoms with van der Waals surface area (Å²) in [5, 5.41) is 4.74. The molecule has 0 unspecified atom stereocenters. The lowest BCUT2D eigenvalue weighted by molar-refractivity contribution is 0.416. The standard InChI is InChI=1S/C22H19Cl2N3O/c1-13-11-14(23)12-19(28-3)20(13)26-22-25-18-10-6-8-16(21(18)27(22)2)15-7-4-5-9-17(15)24/h4-12H,1-3H3,(H,25,26). The van der Waals surface area contributed by atoms with Crippen molar-refractivity contribution in [3.63, 3.8) is 0 Å². The van der Waals surface area contributed by atoms with E-state index in [-0.39, 0.29) is 0 Å². The van der Waals surface area contributed by atoms with E-state index in [2.05, 4.69) is 11.4 Å². The number of anilines is 2. The van der Waals surface area contributed by atoms with Gasteiger partial charge >= 0.3 is 0 Å². The molecule has 0 saturated carbocycles. The molecule has 6 heteroatoms. The van der Waals surface area contributed by atoms with Crippen LogP contribution in [0.15, 0.2) is 54.6 Å². The van der Waals surface area contributed by atoms with Gasteiger partial charge in [0.1, 0.15) is 5.75 Å². The summed E-state index contributed by atoms with van der Waals surface area (Å²) in [6, 6.07) is 17.5. The van der Waals surface area contributed by atoms with Gasteiger partial charge in [-0.25, -0.2) is 4.98 Å².